The average molecular weight is 201 g/mol. The van der Waals surface area contributed by atoms with Crippen molar-refractivity contribution in [3.05, 3.63) is 0 Å². The smallest absolute Gasteiger partial charge is 0.0639 e. The summed E-state index contributed by atoms with van der Waals surface area (Å²) in [6, 6.07) is 0.631. The van der Waals surface area contributed by atoms with E-state index in [1.807, 2.05) is 6.92 Å². The molecule has 0 aromatic rings. The lowest BCUT2D eigenvalue weighted by Crippen LogP contribution is -2.41. The van der Waals surface area contributed by atoms with Crippen molar-refractivity contribution in [1.82, 2.24) is 4.90 Å². The molecular weight excluding hydrogens is 174 g/mol. The van der Waals surface area contributed by atoms with Crippen LogP contribution in [0.3, 0.4) is 0 Å². The molecule has 0 bridgehead atoms. The highest BCUT2D eigenvalue weighted by atomic mass is 16.3. The fourth-order valence-electron chi connectivity index (χ4n) is 1.99. The van der Waals surface area contributed by atoms with Gasteiger partial charge in [0.15, 0.2) is 0 Å². The molecule has 2 heteroatoms. The van der Waals surface area contributed by atoms with Crippen molar-refractivity contribution in [3.63, 3.8) is 0 Å². The summed E-state index contributed by atoms with van der Waals surface area (Å²) in [6.45, 7) is 12.7. The first kappa shape index (κ1) is 13.9. The lowest BCUT2D eigenvalue weighted by atomic mass is 10.1. The van der Waals surface area contributed by atoms with Gasteiger partial charge in [0.05, 0.1) is 6.10 Å². The highest BCUT2D eigenvalue weighted by molar-refractivity contribution is 4.72. The van der Waals surface area contributed by atoms with E-state index < -0.39 is 0 Å². The van der Waals surface area contributed by atoms with Gasteiger partial charge < -0.3 is 5.11 Å². The van der Waals surface area contributed by atoms with Gasteiger partial charge in [-0.2, -0.15) is 0 Å². The summed E-state index contributed by atoms with van der Waals surface area (Å²) in [5.74, 6) is 0.675. The topological polar surface area (TPSA) is 23.5 Å². The van der Waals surface area contributed by atoms with E-state index in [0.29, 0.717) is 12.0 Å². The van der Waals surface area contributed by atoms with Gasteiger partial charge in [0.2, 0.25) is 0 Å². The molecule has 0 aromatic heterocycles. The number of hydrogen-bond acceptors (Lipinski definition) is 2. The van der Waals surface area contributed by atoms with Crippen LogP contribution >= 0.6 is 0 Å². The Balaban J connectivity index is 4.20. The highest BCUT2D eigenvalue weighted by Crippen LogP contribution is 2.11. The van der Waals surface area contributed by atoms with E-state index in [4.69, 9.17) is 0 Å². The van der Waals surface area contributed by atoms with Gasteiger partial charge in [-0.25, -0.2) is 0 Å². The Labute approximate surface area is 89.3 Å². The summed E-state index contributed by atoms with van der Waals surface area (Å²) < 4.78 is 0. The van der Waals surface area contributed by atoms with E-state index in [2.05, 4.69) is 32.6 Å². The van der Waals surface area contributed by atoms with E-state index in [0.717, 1.165) is 13.1 Å². The third-order valence-electron chi connectivity index (χ3n) is 2.56. The third kappa shape index (κ3) is 5.61. The van der Waals surface area contributed by atoms with Crippen molar-refractivity contribution in [2.75, 3.05) is 13.1 Å². The first-order chi connectivity index (χ1) is 6.51. The second-order valence-electron chi connectivity index (χ2n) is 4.67. The van der Waals surface area contributed by atoms with Crippen molar-refractivity contribution in [3.8, 4) is 0 Å². The van der Waals surface area contributed by atoms with Crippen molar-refractivity contribution in [2.24, 2.45) is 5.92 Å². The minimum atomic E-state index is -0.214. The van der Waals surface area contributed by atoms with Crippen LogP contribution in [0.4, 0.5) is 0 Å². The maximum Gasteiger partial charge on any atom is 0.0639 e. The molecule has 0 spiro atoms. The molecular formula is C12H27NO. The fraction of sp³-hybridized carbons (Fsp3) is 1.00. The van der Waals surface area contributed by atoms with Crippen molar-refractivity contribution in [1.29, 1.82) is 0 Å². The second kappa shape index (κ2) is 7.24. The largest absolute Gasteiger partial charge is 0.392 e. The third-order valence-corrected chi connectivity index (χ3v) is 2.56. The predicted octanol–water partition coefficient (Wildman–Crippen LogP) is 2.51. The lowest BCUT2D eigenvalue weighted by molar-refractivity contribution is 0.0852. The van der Waals surface area contributed by atoms with Crippen LogP contribution in [0.25, 0.3) is 0 Å². The van der Waals surface area contributed by atoms with Gasteiger partial charge in [0, 0.05) is 19.1 Å². The molecule has 0 fully saturated rings. The van der Waals surface area contributed by atoms with Gasteiger partial charge in [-0.1, -0.05) is 27.7 Å². The molecule has 0 amide bonds. The van der Waals surface area contributed by atoms with E-state index in [1.165, 1.54) is 12.8 Å². The molecule has 0 aliphatic rings. The van der Waals surface area contributed by atoms with Crippen LogP contribution in [0.15, 0.2) is 0 Å². The maximum atomic E-state index is 9.43. The van der Waals surface area contributed by atoms with Gasteiger partial charge in [-0.3, -0.25) is 4.90 Å². The molecule has 0 saturated carbocycles. The van der Waals surface area contributed by atoms with Gasteiger partial charge in [-0.15, -0.1) is 0 Å². The molecule has 0 heterocycles. The Bertz CT molecular complexity index is 120. The Morgan fingerprint density at radius 3 is 1.79 bits per heavy atom. The van der Waals surface area contributed by atoms with Crippen molar-refractivity contribution in [2.45, 2.75) is 59.6 Å². The quantitative estimate of drug-likeness (QED) is 0.684. The SMILES string of the molecule is CCC(CC)N(CC(C)C)C[C@H](C)O. The molecule has 0 aromatic carbocycles. The number of hydrogen-bond donors (Lipinski definition) is 1. The molecule has 0 radical (unpaired) electrons. The minimum absolute atomic E-state index is 0.214. The zero-order valence-corrected chi connectivity index (χ0v) is 10.5. The first-order valence-electron chi connectivity index (χ1n) is 5.93. The van der Waals surface area contributed by atoms with Crippen LogP contribution < -0.4 is 0 Å². The standard InChI is InChI=1S/C12H27NO/c1-6-12(7-2)13(8-10(3)4)9-11(5)14/h10-12,14H,6-9H2,1-5H3/t11-/m0/s1. The zero-order chi connectivity index (χ0) is 11.1. The molecule has 1 N–H and O–H groups in total. The van der Waals surface area contributed by atoms with Gasteiger partial charge in [0.25, 0.3) is 0 Å². The van der Waals surface area contributed by atoms with E-state index >= 15 is 0 Å². The second-order valence-corrected chi connectivity index (χ2v) is 4.67. The molecule has 14 heavy (non-hydrogen) atoms. The summed E-state index contributed by atoms with van der Waals surface area (Å²) in [6.07, 6.45) is 2.14. The minimum Gasteiger partial charge on any atom is -0.392 e. The van der Waals surface area contributed by atoms with E-state index in [9.17, 15) is 5.11 Å². The number of nitrogens with zero attached hydrogens (tertiary/aromatic N) is 1. The van der Waals surface area contributed by atoms with Crippen LogP contribution in [0, 0.1) is 5.92 Å². The molecule has 1 atom stereocenters. The van der Waals surface area contributed by atoms with Crippen LogP contribution in [0.2, 0.25) is 0 Å². The average Bonchev–Trinajstić information content (AvgIpc) is 2.03. The summed E-state index contributed by atoms with van der Waals surface area (Å²) in [4.78, 5) is 2.43. The predicted molar refractivity (Wildman–Crippen MR) is 62.5 cm³/mol. The fourth-order valence-corrected chi connectivity index (χ4v) is 1.99. The van der Waals surface area contributed by atoms with Gasteiger partial charge in [0.1, 0.15) is 0 Å². The number of aliphatic hydroxyl groups is 1. The molecule has 0 saturated heterocycles. The van der Waals surface area contributed by atoms with E-state index in [1.54, 1.807) is 0 Å². The Morgan fingerprint density at radius 1 is 1.00 bits per heavy atom. The molecule has 86 valence electrons. The summed E-state index contributed by atoms with van der Waals surface area (Å²) in [5.41, 5.74) is 0. The normalized spacial score (nSPS) is 14.4. The number of aliphatic hydroxyl groups excluding tert-OH is 1. The maximum absolute atomic E-state index is 9.43. The van der Waals surface area contributed by atoms with Crippen LogP contribution in [-0.4, -0.2) is 35.2 Å². The first-order valence-corrected chi connectivity index (χ1v) is 5.93. The molecule has 0 aliphatic heterocycles. The Hall–Kier alpha value is -0.0800. The van der Waals surface area contributed by atoms with Crippen LogP contribution in [0.5, 0.6) is 0 Å². The monoisotopic (exact) mass is 201 g/mol. The van der Waals surface area contributed by atoms with Crippen LogP contribution in [0.1, 0.15) is 47.5 Å². The lowest BCUT2D eigenvalue weighted by Gasteiger charge is -2.32. The molecule has 0 rings (SSSR count). The number of rotatable bonds is 7. The van der Waals surface area contributed by atoms with Crippen LogP contribution in [-0.2, 0) is 0 Å². The van der Waals surface area contributed by atoms with Crippen molar-refractivity contribution < 1.29 is 5.11 Å². The molecule has 2 nitrogen and oxygen atoms in total. The van der Waals surface area contributed by atoms with Crippen molar-refractivity contribution >= 4 is 0 Å². The molecule has 0 aliphatic carbocycles. The zero-order valence-electron chi connectivity index (χ0n) is 10.5. The summed E-state index contributed by atoms with van der Waals surface area (Å²) >= 11 is 0. The summed E-state index contributed by atoms with van der Waals surface area (Å²) in [7, 11) is 0. The Kier molecular flexibility index (Phi) is 7.20. The molecule has 0 unspecified atom stereocenters. The Morgan fingerprint density at radius 2 is 1.50 bits per heavy atom. The highest BCUT2D eigenvalue weighted by Gasteiger charge is 2.17. The van der Waals surface area contributed by atoms with E-state index in [-0.39, 0.29) is 6.10 Å². The van der Waals surface area contributed by atoms with Gasteiger partial charge in [-0.05, 0) is 25.7 Å². The van der Waals surface area contributed by atoms with Gasteiger partial charge >= 0.3 is 0 Å². The summed E-state index contributed by atoms with van der Waals surface area (Å²) in [5, 5.41) is 9.43.